The number of hydrogen-bond acceptors (Lipinski definition) is 5. The maximum absolute atomic E-state index is 13.5. The molecule has 2 aliphatic rings. The lowest BCUT2D eigenvalue weighted by molar-refractivity contribution is -0.162. The first kappa shape index (κ1) is 20.3. The van der Waals surface area contributed by atoms with Crippen LogP contribution in [0, 0.1) is 11.8 Å². The fourth-order valence-corrected chi connectivity index (χ4v) is 6.87. The molecular formula is C22H21NO6S. The first-order chi connectivity index (χ1) is 14.2. The quantitative estimate of drug-likeness (QED) is 0.752. The van der Waals surface area contributed by atoms with E-state index < -0.39 is 45.1 Å². The van der Waals surface area contributed by atoms with E-state index in [9.17, 15) is 27.9 Å². The molecular weight excluding hydrogens is 406 g/mol. The second kappa shape index (κ2) is 6.77. The van der Waals surface area contributed by atoms with Crippen LogP contribution in [0.25, 0.3) is 0 Å². The first-order valence-electron chi connectivity index (χ1n) is 9.73. The summed E-state index contributed by atoms with van der Waals surface area (Å²) in [6.07, 6.45) is 0.305. The topological polar surface area (TPSA) is 109 Å². The van der Waals surface area contributed by atoms with Crippen molar-refractivity contribution < 1.29 is 27.9 Å². The minimum Gasteiger partial charge on any atom is -0.479 e. The second-order valence-electron chi connectivity index (χ2n) is 7.74. The zero-order valence-electron chi connectivity index (χ0n) is 16.5. The first-order valence-corrected chi connectivity index (χ1v) is 11.2. The van der Waals surface area contributed by atoms with Gasteiger partial charge >= 0.3 is 5.97 Å². The molecule has 156 valence electrons. The largest absolute Gasteiger partial charge is 0.479 e. The second-order valence-corrected chi connectivity index (χ2v) is 9.50. The number of carboxylic acids is 1. The third kappa shape index (κ3) is 2.43. The summed E-state index contributed by atoms with van der Waals surface area (Å²) in [5.41, 5.74) is -1.48. The minimum absolute atomic E-state index is 0.0366. The number of aryl methyl sites for hydroxylation is 1. The monoisotopic (exact) mass is 427 g/mol. The molecule has 1 N–H and O–H groups in total. The van der Waals surface area contributed by atoms with E-state index in [1.807, 2.05) is 0 Å². The molecule has 3 atom stereocenters. The molecule has 8 heteroatoms. The SMILES string of the molecule is CCc1cccc2c1[C@]1(C(=O)O)[C@@H](C(=O)c3ccccc3)C[C@@H](C)C(=O)N1S2(=O)=O. The minimum atomic E-state index is -4.42. The van der Waals surface area contributed by atoms with Crippen molar-refractivity contribution >= 4 is 27.7 Å². The van der Waals surface area contributed by atoms with Gasteiger partial charge in [-0.25, -0.2) is 17.5 Å². The number of Topliss-reactive ketones (excluding diaryl/α,β-unsaturated/α-hetero) is 1. The summed E-state index contributed by atoms with van der Waals surface area (Å²) in [6, 6.07) is 12.7. The lowest BCUT2D eigenvalue weighted by Gasteiger charge is -2.45. The molecule has 1 amide bonds. The van der Waals surface area contributed by atoms with Crippen LogP contribution in [-0.4, -0.2) is 35.5 Å². The van der Waals surface area contributed by atoms with Gasteiger partial charge in [-0.3, -0.25) is 9.59 Å². The summed E-state index contributed by atoms with van der Waals surface area (Å²) >= 11 is 0. The van der Waals surface area contributed by atoms with Gasteiger partial charge in [0, 0.05) is 17.0 Å². The summed E-state index contributed by atoms with van der Waals surface area (Å²) in [7, 11) is -4.42. The van der Waals surface area contributed by atoms with Crippen molar-refractivity contribution in [2.45, 2.75) is 37.1 Å². The van der Waals surface area contributed by atoms with Crippen molar-refractivity contribution in [1.29, 1.82) is 0 Å². The van der Waals surface area contributed by atoms with Gasteiger partial charge in [-0.05, 0) is 24.5 Å². The van der Waals surface area contributed by atoms with Crippen molar-refractivity contribution in [3.05, 3.63) is 65.2 Å². The highest BCUT2D eigenvalue weighted by Gasteiger charge is 2.69. The number of aliphatic carboxylic acids is 1. The standard InChI is InChI=1S/C22H21NO6S/c1-3-14-10-7-11-17-18(14)22(21(26)27)16(19(24)15-8-5-4-6-9-15)12-13(2)20(25)23(22)30(17,28)29/h4-11,13,16H,3,12H2,1-2H3,(H,26,27)/t13-,16-,22+/m1/s1. The highest BCUT2D eigenvalue weighted by molar-refractivity contribution is 7.90. The van der Waals surface area contributed by atoms with Gasteiger partial charge in [0.2, 0.25) is 5.91 Å². The van der Waals surface area contributed by atoms with Crippen LogP contribution in [0.1, 0.15) is 41.8 Å². The Hall–Kier alpha value is -3.00. The van der Waals surface area contributed by atoms with Crippen LogP contribution in [0.4, 0.5) is 0 Å². The van der Waals surface area contributed by atoms with Crippen LogP contribution in [-0.2, 0) is 31.6 Å². The Balaban J connectivity index is 2.10. The summed E-state index contributed by atoms with van der Waals surface area (Å²) < 4.78 is 27.3. The Morgan fingerprint density at radius 2 is 1.80 bits per heavy atom. The molecule has 0 bridgehead atoms. The Morgan fingerprint density at radius 3 is 2.40 bits per heavy atom. The number of hydrogen-bond donors (Lipinski definition) is 1. The number of fused-ring (bicyclic) bond motifs is 3. The Kier molecular flexibility index (Phi) is 4.58. The molecule has 0 aliphatic carbocycles. The summed E-state index contributed by atoms with van der Waals surface area (Å²) in [5.74, 6) is -4.86. The number of rotatable bonds is 4. The van der Waals surface area contributed by atoms with Crippen molar-refractivity contribution in [2.24, 2.45) is 11.8 Å². The van der Waals surface area contributed by atoms with Crippen molar-refractivity contribution in [2.75, 3.05) is 0 Å². The van der Waals surface area contributed by atoms with Crippen molar-refractivity contribution in [3.8, 4) is 0 Å². The van der Waals surface area contributed by atoms with Gasteiger partial charge < -0.3 is 5.11 Å². The zero-order chi connectivity index (χ0) is 21.8. The van der Waals surface area contributed by atoms with Crippen LogP contribution in [0.2, 0.25) is 0 Å². The normalized spacial score (nSPS) is 26.7. The molecule has 2 aromatic carbocycles. The highest BCUT2D eigenvalue weighted by Crippen LogP contribution is 2.55. The molecule has 0 spiro atoms. The number of ketones is 1. The average Bonchev–Trinajstić information content (AvgIpc) is 2.96. The van der Waals surface area contributed by atoms with Gasteiger partial charge in [0.05, 0.1) is 10.8 Å². The summed E-state index contributed by atoms with van der Waals surface area (Å²) in [6.45, 7) is 3.31. The number of nitrogens with zero attached hydrogens (tertiary/aromatic N) is 1. The van der Waals surface area contributed by atoms with Gasteiger partial charge in [-0.1, -0.05) is 56.3 Å². The van der Waals surface area contributed by atoms with Crippen molar-refractivity contribution in [3.63, 3.8) is 0 Å². The third-order valence-corrected chi connectivity index (χ3v) is 7.97. The van der Waals surface area contributed by atoms with Gasteiger partial charge in [-0.2, -0.15) is 0 Å². The van der Waals surface area contributed by atoms with Gasteiger partial charge in [0.1, 0.15) is 0 Å². The predicted molar refractivity (Wildman–Crippen MR) is 107 cm³/mol. The molecule has 0 radical (unpaired) electrons. The smallest absolute Gasteiger partial charge is 0.336 e. The van der Waals surface area contributed by atoms with E-state index in [2.05, 4.69) is 0 Å². The highest BCUT2D eigenvalue weighted by atomic mass is 32.2. The van der Waals surface area contributed by atoms with E-state index in [0.29, 0.717) is 16.3 Å². The Bertz CT molecular complexity index is 1170. The lowest BCUT2D eigenvalue weighted by atomic mass is 9.66. The lowest BCUT2D eigenvalue weighted by Crippen LogP contribution is -2.63. The fourth-order valence-electron chi connectivity index (χ4n) is 4.78. The molecule has 0 aromatic heterocycles. The van der Waals surface area contributed by atoms with E-state index >= 15 is 0 Å². The maximum Gasteiger partial charge on any atom is 0.336 e. The Labute approximate surface area is 174 Å². The molecule has 2 aliphatic heterocycles. The number of sulfonamides is 1. The summed E-state index contributed by atoms with van der Waals surface area (Å²) in [5, 5.41) is 10.5. The molecule has 30 heavy (non-hydrogen) atoms. The van der Waals surface area contributed by atoms with Gasteiger partial charge in [0.15, 0.2) is 11.3 Å². The Morgan fingerprint density at radius 1 is 1.13 bits per heavy atom. The fraction of sp³-hybridized carbons (Fsp3) is 0.318. The van der Waals surface area contributed by atoms with E-state index in [-0.39, 0.29) is 22.4 Å². The van der Waals surface area contributed by atoms with Crippen LogP contribution in [0.3, 0.4) is 0 Å². The van der Waals surface area contributed by atoms with Crippen LogP contribution < -0.4 is 0 Å². The predicted octanol–water partition coefficient (Wildman–Crippen LogP) is 2.60. The van der Waals surface area contributed by atoms with E-state index in [1.165, 1.54) is 19.1 Å². The molecule has 0 saturated carbocycles. The zero-order valence-corrected chi connectivity index (χ0v) is 17.3. The van der Waals surface area contributed by atoms with Crippen LogP contribution in [0.15, 0.2) is 53.4 Å². The molecule has 1 saturated heterocycles. The van der Waals surface area contributed by atoms with Crippen molar-refractivity contribution in [1.82, 2.24) is 4.31 Å². The molecule has 4 rings (SSSR count). The molecule has 0 unspecified atom stereocenters. The summed E-state index contributed by atoms with van der Waals surface area (Å²) in [4.78, 5) is 39.3. The van der Waals surface area contributed by atoms with Gasteiger partial charge in [0.25, 0.3) is 10.0 Å². The maximum atomic E-state index is 13.5. The third-order valence-electron chi connectivity index (χ3n) is 6.13. The molecule has 2 heterocycles. The number of carbonyl (C=O) groups is 3. The number of piperidine rings is 1. The molecule has 1 fully saturated rings. The van der Waals surface area contributed by atoms with E-state index in [0.717, 1.165) is 0 Å². The number of carboxylic acid groups (broad SMARTS) is 1. The van der Waals surface area contributed by atoms with Crippen LogP contribution in [0.5, 0.6) is 0 Å². The molecule has 2 aromatic rings. The van der Waals surface area contributed by atoms with E-state index in [1.54, 1.807) is 43.3 Å². The average molecular weight is 427 g/mol. The van der Waals surface area contributed by atoms with Gasteiger partial charge in [-0.15, -0.1) is 0 Å². The number of benzene rings is 2. The van der Waals surface area contributed by atoms with E-state index in [4.69, 9.17) is 0 Å². The number of carbonyl (C=O) groups excluding carboxylic acids is 2. The van der Waals surface area contributed by atoms with Crippen LogP contribution >= 0.6 is 0 Å². The molecule has 7 nitrogen and oxygen atoms in total. The number of amides is 1.